The lowest BCUT2D eigenvalue weighted by Gasteiger charge is -2.21. The molecule has 1 unspecified atom stereocenters. The number of hydrogen-bond donors (Lipinski definition) is 2. The Balaban J connectivity index is 1.59. The Bertz CT molecular complexity index is 1330. The number of halogens is 6. The predicted octanol–water partition coefficient (Wildman–Crippen LogP) is 5.01. The molecule has 0 saturated carbocycles. The summed E-state index contributed by atoms with van der Waals surface area (Å²) < 4.78 is 83.7. The van der Waals surface area contributed by atoms with E-state index < -0.39 is 47.5 Å². The molecule has 2 heterocycles. The van der Waals surface area contributed by atoms with Crippen molar-refractivity contribution < 1.29 is 45.8 Å². The lowest BCUT2D eigenvalue weighted by atomic mass is 10.1. The minimum atomic E-state index is -4.93. The molecule has 1 aliphatic rings. The van der Waals surface area contributed by atoms with Crippen molar-refractivity contribution in [1.82, 2.24) is 15.1 Å². The lowest BCUT2D eigenvalue weighted by Crippen LogP contribution is -2.31. The number of carbonyl (C=O) groups is 2. The average Bonchev–Trinajstić information content (AvgIpc) is 3.39. The van der Waals surface area contributed by atoms with Gasteiger partial charge >= 0.3 is 18.5 Å². The first-order valence-electron chi connectivity index (χ1n) is 11.1. The number of nitrogens with zero attached hydrogens (tertiary/aromatic N) is 3. The van der Waals surface area contributed by atoms with Gasteiger partial charge in [0.05, 0.1) is 18.2 Å². The van der Waals surface area contributed by atoms with E-state index in [0.29, 0.717) is 11.1 Å². The third kappa shape index (κ3) is 5.84. The van der Waals surface area contributed by atoms with Crippen LogP contribution in [-0.4, -0.2) is 39.7 Å². The van der Waals surface area contributed by atoms with Crippen LogP contribution < -0.4 is 15.0 Å². The number of amides is 1. The number of nitrogens with one attached hydrogen (secondary N) is 1. The Kier molecular flexibility index (Phi) is 7.00. The molecule has 8 nitrogen and oxygen atoms in total. The first kappa shape index (κ1) is 26.8. The maximum absolute atomic E-state index is 13.8. The number of ether oxygens (including phenoxy) is 1. The second-order valence-corrected chi connectivity index (χ2v) is 8.50. The molecule has 0 saturated heterocycles. The van der Waals surface area contributed by atoms with E-state index in [1.54, 1.807) is 0 Å². The quantitative estimate of drug-likeness (QED) is 0.408. The van der Waals surface area contributed by atoms with Crippen molar-refractivity contribution in [3.63, 3.8) is 0 Å². The summed E-state index contributed by atoms with van der Waals surface area (Å²) in [5, 5.41) is 15.2. The largest absolute Gasteiger partial charge is 0.573 e. The zero-order valence-corrected chi connectivity index (χ0v) is 19.6. The highest BCUT2D eigenvalue weighted by atomic mass is 19.4. The van der Waals surface area contributed by atoms with Gasteiger partial charge in [0.1, 0.15) is 17.1 Å². The molecule has 1 atom stereocenters. The van der Waals surface area contributed by atoms with Gasteiger partial charge in [-0.05, 0) is 42.3 Å². The van der Waals surface area contributed by atoms with E-state index in [9.17, 15) is 35.9 Å². The van der Waals surface area contributed by atoms with Gasteiger partial charge in [-0.25, -0.2) is 9.48 Å². The van der Waals surface area contributed by atoms with Crippen LogP contribution in [0.3, 0.4) is 0 Å². The fourth-order valence-corrected chi connectivity index (χ4v) is 4.10. The summed E-state index contributed by atoms with van der Waals surface area (Å²) in [4.78, 5) is 25.7. The molecule has 1 aromatic heterocycles. The van der Waals surface area contributed by atoms with Crippen molar-refractivity contribution in [2.45, 2.75) is 38.6 Å². The van der Waals surface area contributed by atoms with Crippen LogP contribution >= 0.6 is 0 Å². The van der Waals surface area contributed by atoms with E-state index in [4.69, 9.17) is 5.11 Å². The topological polar surface area (TPSA) is 96.7 Å². The van der Waals surface area contributed by atoms with E-state index in [2.05, 4.69) is 15.2 Å². The normalized spacial score (nSPS) is 14.2. The second-order valence-electron chi connectivity index (χ2n) is 8.50. The van der Waals surface area contributed by atoms with Gasteiger partial charge in [-0.3, -0.25) is 4.79 Å². The maximum Gasteiger partial charge on any atom is 0.573 e. The molecule has 1 aliphatic heterocycles. The van der Waals surface area contributed by atoms with Gasteiger partial charge in [-0.1, -0.05) is 24.3 Å². The summed E-state index contributed by atoms with van der Waals surface area (Å²) in [5.41, 5.74) is -1.09. The molecule has 2 aromatic carbocycles. The first-order valence-corrected chi connectivity index (χ1v) is 11.1. The molecule has 0 fully saturated rings. The number of anilines is 1. The number of carboxylic acids is 1. The maximum atomic E-state index is 13.8. The summed E-state index contributed by atoms with van der Waals surface area (Å²) in [6.45, 7) is 1.82. The number of alkyl halides is 6. The molecule has 0 aliphatic carbocycles. The van der Waals surface area contributed by atoms with E-state index in [-0.39, 0.29) is 31.0 Å². The van der Waals surface area contributed by atoms with Crippen molar-refractivity contribution in [1.29, 1.82) is 0 Å². The van der Waals surface area contributed by atoms with Gasteiger partial charge in [0, 0.05) is 13.1 Å². The standard InChI is InChI=1S/C24H20F6N4O4/c1-13(15-4-6-16(7-5-15)22(36)37)31-20(35)18-19(23(25,26)27)32-34-11-10-33(21(18)34)12-14-2-8-17(9-3-14)38-24(28,29)30/h2-9,13H,10-12H2,1H3,(H,31,35)(H,36,37). The Morgan fingerprint density at radius 2 is 1.66 bits per heavy atom. The number of rotatable bonds is 7. The Morgan fingerprint density at radius 3 is 2.21 bits per heavy atom. The molecule has 202 valence electrons. The molecule has 4 rings (SSSR count). The smallest absolute Gasteiger partial charge is 0.478 e. The van der Waals surface area contributed by atoms with Crippen molar-refractivity contribution >= 4 is 17.7 Å². The third-order valence-electron chi connectivity index (χ3n) is 5.84. The third-order valence-corrected chi connectivity index (χ3v) is 5.84. The molecule has 38 heavy (non-hydrogen) atoms. The summed E-state index contributed by atoms with van der Waals surface area (Å²) in [6, 6.07) is 9.60. The summed E-state index contributed by atoms with van der Waals surface area (Å²) >= 11 is 0. The lowest BCUT2D eigenvalue weighted by molar-refractivity contribution is -0.274. The number of carbonyl (C=O) groups excluding carboxylic acids is 1. The molecule has 3 aromatic rings. The van der Waals surface area contributed by atoms with Gasteiger partial charge in [-0.15, -0.1) is 13.2 Å². The van der Waals surface area contributed by atoms with Crippen molar-refractivity contribution in [2.24, 2.45) is 0 Å². The molecule has 0 bridgehead atoms. The van der Waals surface area contributed by atoms with Crippen LogP contribution in [0.25, 0.3) is 0 Å². The zero-order valence-electron chi connectivity index (χ0n) is 19.6. The summed E-state index contributed by atoms with van der Waals surface area (Å²) in [6.07, 6.45) is -9.80. The highest BCUT2D eigenvalue weighted by Gasteiger charge is 2.44. The van der Waals surface area contributed by atoms with Gasteiger partial charge in [-0.2, -0.15) is 18.3 Å². The molecule has 0 radical (unpaired) electrons. The molecule has 1 amide bonds. The van der Waals surface area contributed by atoms with E-state index in [1.807, 2.05) is 0 Å². The second kappa shape index (κ2) is 9.91. The first-order chi connectivity index (χ1) is 17.7. The van der Waals surface area contributed by atoms with Crippen LogP contribution in [0.1, 0.15) is 50.5 Å². The fourth-order valence-electron chi connectivity index (χ4n) is 4.10. The number of aromatic nitrogens is 2. The van der Waals surface area contributed by atoms with Gasteiger partial charge in [0.15, 0.2) is 5.69 Å². The SMILES string of the molecule is CC(NC(=O)c1c(C(F)(F)F)nn2c1N(Cc1ccc(OC(F)(F)F)cc1)CC2)c1ccc(C(=O)O)cc1. The number of aromatic carboxylic acids is 1. The van der Waals surface area contributed by atoms with Crippen molar-refractivity contribution in [3.05, 3.63) is 76.5 Å². The molecule has 0 spiro atoms. The summed E-state index contributed by atoms with van der Waals surface area (Å²) in [7, 11) is 0. The van der Waals surface area contributed by atoms with Crippen LogP contribution in [0.2, 0.25) is 0 Å². The van der Waals surface area contributed by atoms with Crippen molar-refractivity contribution in [2.75, 3.05) is 11.4 Å². The minimum Gasteiger partial charge on any atom is -0.478 e. The van der Waals surface area contributed by atoms with E-state index in [1.165, 1.54) is 48.2 Å². The van der Waals surface area contributed by atoms with Crippen LogP contribution in [-0.2, 0) is 19.3 Å². The Morgan fingerprint density at radius 1 is 1.03 bits per heavy atom. The number of benzene rings is 2. The van der Waals surface area contributed by atoms with Gasteiger partial charge in [0.2, 0.25) is 0 Å². The van der Waals surface area contributed by atoms with Crippen LogP contribution in [0, 0.1) is 0 Å². The zero-order chi connectivity index (χ0) is 27.8. The number of fused-ring (bicyclic) bond motifs is 1. The van der Waals surface area contributed by atoms with Crippen LogP contribution in [0.4, 0.5) is 32.2 Å². The number of carboxylic acid groups (broad SMARTS) is 1. The Hall–Kier alpha value is -4.23. The average molecular weight is 542 g/mol. The molecular formula is C24H20F6N4O4. The highest BCUT2D eigenvalue weighted by Crippen LogP contribution is 2.39. The van der Waals surface area contributed by atoms with Gasteiger partial charge in [0.25, 0.3) is 5.91 Å². The summed E-state index contributed by atoms with van der Waals surface area (Å²) in [5.74, 6) is -2.70. The van der Waals surface area contributed by atoms with Crippen molar-refractivity contribution in [3.8, 4) is 5.75 Å². The van der Waals surface area contributed by atoms with E-state index in [0.717, 1.165) is 16.8 Å². The monoisotopic (exact) mass is 542 g/mol. The van der Waals surface area contributed by atoms with Crippen LogP contribution in [0.15, 0.2) is 48.5 Å². The van der Waals surface area contributed by atoms with Gasteiger partial charge < -0.3 is 20.1 Å². The molecule has 2 N–H and O–H groups in total. The highest BCUT2D eigenvalue weighted by molar-refractivity contribution is 6.01. The fraction of sp³-hybridized carbons (Fsp3) is 0.292. The molecular weight excluding hydrogens is 522 g/mol. The van der Waals surface area contributed by atoms with E-state index >= 15 is 0 Å². The molecule has 14 heteroatoms. The Labute approximate surface area is 211 Å². The predicted molar refractivity (Wildman–Crippen MR) is 121 cm³/mol. The number of hydrogen-bond acceptors (Lipinski definition) is 5. The minimum absolute atomic E-state index is 0.00176. The van der Waals surface area contributed by atoms with Crippen LogP contribution in [0.5, 0.6) is 5.75 Å².